The molecule has 0 unspecified atom stereocenters. The van der Waals surface area contributed by atoms with E-state index in [2.05, 4.69) is 50.8 Å². The predicted molar refractivity (Wildman–Crippen MR) is 79.1 cm³/mol. The van der Waals surface area contributed by atoms with Crippen LogP contribution in [0.4, 0.5) is 0 Å². The van der Waals surface area contributed by atoms with E-state index in [0.717, 1.165) is 34.5 Å². The molecule has 2 aromatic heterocycles. The zero-order valence-corrected chi connectivity index (χ0v) is 12.7. The second-order valence-corrected chi connectivity index (χ2v) is 5.08. The molecule has 1 N–H and O–H groups in total. The van der Waals surface area contributed by atoms with Gasteiger partial charge in [0.1, 0.15) is 10.3 Å². The molecule has 5 heteroatoms. The summed E-state index contributed by atoms with van der Waals surface area (Å²) in [7, 11) is 0. The van der Waals surface area contributed by atoms with Crippen molar-refractivity contribution in [3.8, 4) is 11.5 Å². The van der Waals surface area contributed by atoms with Crippen LogP contribution in [-0.4, -0.2) is 15.0 Å². The number of aryl methyl sites for hydroxylation is 2. The third-order valence-corrected chi connectivity index (χ3v) is 4.20. The van der Waals surface area contributed by atoms with Gasteiger partial charge in [-0.1, -0.05) is 32.1 Å². The largest absolute Gasteiger partial charge is 0.341 e. The second-order valence-electron chi connectivity index (χ2n) is 3.90. The van der Waals surface area contributed by atoms with Crippen LogP contribution < -0.4 is 0 Å². The molecule has 0 radical (unpaired) electrons. The van der Waals surface area contributed by atoms with Crippen molar-refractivity contribution in [2.45, 2.75) is 26.7 Å². The maximum atomic E-state index is 5.27. The third kappa shape index (κ3) is 2.52. The molecule has 2 aromatic rings. The van der Waals surface area contributed by atoms with Crippen LogP contribution in [0.3, 0.4) is 0 Å². The molecule has 2 heterocycles. The Morgan fingerprint density at radius 3 is 2.78 bits per heavy atom. The first-order chi connectivity index (χ1) is 8.67. The van der Waals surface area contributed by atoms with Crippen LogP contribution >= 0.6 is 28.1 Å². The summed E-state index contributed by atoms with van der Waals surface area (Å²) in [4.78, 5) is 12.1. The molecule has 18 heavy (non-hydrogen) atoms. The van der Waals surface area contributed by atoms with Gasteiger partial charge in [-0.3, -0.25) is 4.98 Å². The van der Waals surface area contributed by atoms with Crippen LogP contribution in [0.15, 0.2) is 22.8 Å². The lowest BCUT2D eigenvalue weighted by Crippen LogP contribution is -2.01. The van der Waals surface area contributed by atoms with Gasteiger partial charge in [0, 0.05) is 11.9 Å². The van der Waals surface area contributed by atoms with Crippen molar-refractivity contribution in [2.24, 2.45) is 0 Å². The van der Waals surface area contributed by atoms with Crippen molar-refractivity contribution in [3.63, 3.8) is 0 Å². The maximum Gasteiger partial charge on any atom is 0.158 e. The summed E-state index contributed by atoms with van der Waals surface area (Å²) in [6.45, 7) is 4.18. The van der Waals surface area contributed by atoms with Gasteiger partial charge in [-0.15, -0.1) is 0 Å². The van der Waals surface area contributed by atoms with Gasteiger partial charge >= 0.3 is 0 Å². The Balaban J connectivity index is 2.64. The summed E-state index contributed by atoms with van der Waals surface area (Å²) in [6, 6.07) is 4.01. The van der Waals surface area contributed by atoms with Crippen LogP contribution in [0.5, 0.6) is 0 Å². The van der Waals surface area contributed by atoms with Gasteiger partial charge in [-0.05, 0) is 40.4 Å². The summed E-state index contributed by atoms with van der Waals surface area (Å²) in [5.74, 6) is 0.748. The molecule has 0 fully saturated rings. The lowest BCUT2D eigenvalue weighted by molar-refractivity contribution is 0.969. The minimum atomic E-state index is 0.577. The average molecular weight is 324 g/mol. The number of nitrogens with one attached hydrogen (secondary N) is 1. The highest BCUT2D eigenvalue weighted by atomic mass is 79.9. The summed E-state index contributed by atoms with van der Waals surface area (Å²) < 4.78 is 1.45. The molecule has 0 amide bonds. The first-order valence-corrected chi connectivity index (χ1v) is 7.10. The third-order valence-electron chi connectivity index (χ3n) is 2.79. The summed E-state index contributed by atoms with van der Waals surface area (Å²) in [5, 5.41) is 0. The highest BCUT2D eigenvalue weighted by Crippen LogP contribution is 2.22. The topological polar surface area (TPSA) is 41.6 Å². The smallest absolute Gasteiger partial charge is 0.158 e. The van der Waals surface area contributed by atoms with Gasteiger partial charge in [-0.2, -0.15) is 0 Å². The number of H-pyrrole nitrogens is 1. The van der Waals surface area contributed by atoms with E-state index in [1.165, 1.54) is 5.56 Å². The number of halogens is 1. The standard InChI is InChI=1S/C13H14BrN3S/c1-3-8-6-5-7-15-11(8)12-16-9(4-2)10(14)13(18)17-12/h5-7H,3-4H2,1-2H3,(H,16,17,18). The number of aromatic amines is 1. The van der Waals surface area contributed by atoms with Gasteiger partial charge in [0.15, 0.2) is 5.82 Å². The molecule has 0 atom stereocenters. The van der Waals surface area contributed by atoms with E-state index in [1.807, 2.05) is 6.07 Å². The molecule has 94 valence electrons. The molecule has 0 bridgehead atoms. The van der Waals surface area contributed by atoms with E-state index < -0.39 is 0 Å². The van der Waals surface area contributed by atoms with Gasteiger partial charge in [0.2, 0.25) is 0 Å². The number of pyridine rings is 1. The van der Waals surface area contributed by atoms with E-state index in [9.17, 15) is 0 Å². The van der Waals surface area contributed by atoms with Crippen molar-refractivity contribution in [2.75, 3.05) is 0 Å². The summed E-state index contributed by atoms with van der Waals surface area (Å²) in [6.07, 6.45) is 3.57. The van der Waals surface area contributed by atoms with E-state index >= 15 is 0 Å². The Bertz CT molecular complexity index is 622. The highest BCUT2D eigenvalue weighted by Gasteiger charge is 2.10. The van der Waals surface area contributed by atoms with E-state index in [-0.39, 0.29) is 0 Å². The fraction of sp³-hybridized carbons (Fsp3) is 0.308. The fourth-order valence-corrected chi connectivity index (χ4v) is 2.48. The molecule has 0 aliphatic rings. The van der Waals surface area contributed by atoms with Crippen molar-refractivity contribution in [1.82, 2.24) is 15.0 Å². The van der Waals surface area contributed by atoms with Crippen LogP contribution in [-0.2, 0) is 12.8 Å². The van der Waals surface area contributed by atoms with Gasteiger partial charge in [0.25, 0.3) is 0 Å². The van der Waals surface area contributed by atoms with Crippen LogP contribution in [0.25, 0.3) is 11.5 Å². The minimum Gasteiger partial charge on any atom is -0.341 e. The molecule has 2 rings (SSSR count). The molecule has 0 aromatic carbocycles. The summed E-state index contributed by atoms with van der Waals surface area (Å²) >= 11 is 8.73. The Labute approximate surface area is 120 Å². The highest BCUT2D eigenvalue weighted by molar-refractivity contribution is 9.10. The number of aromatic nitrogens is 3. The minimum absolute atomic E-state index is 0.577. The lowest BCUT2D eigenvalue weighted by Gasteiger charge is -2.09. The number of rotatable bonds is 3. The molecule has 0 aliphatic heterocycles. The van der Waals surface area contributed by atoms with Gasteiger partial charge in [0.05, 0.1) is 4.47 Å². The quantitative estimate of drug-likeness (QED) is 0.865. The predicted octanol–water partition coefficient (Wildman–Crippen LogP) is 4.09. The Morgan fingerprint density at radius 1 is 1.33 bits per heavy atom. The van der Waals surface area contributed by atoms with Crippen LogP contribution in [0.1, 0.15) is 25.1 Å². The fourth-order valence-electron chi connectivity index (χ4n) is 1.80. The van der Waals surface area contributed by atoms with Gasteiger partial charge in [-0.25, -0.2) is 4.98 Å². The normalized spacial score (nSPS) is 10.6. The van der Waals surface area contributed by atoms with E-state index in [1.54, 1.807) is 6.20 Å². The molecule has 0 aliphatic carbocycles. The number of hydrogen-bond donors (Lipinski definition) is 1. The average Bonchev–Trinajstić information content (AvgIpc) is 2.41. The number of nitrogens with zero attached hydrogens (tertiary/aromatic N) is 2. The zero-order chi connectivity index (χ0) is 13.1. The zero-order valence-electron chi connectivity index (χ0n) is 10.3. The Hall–Kier alpha value is -1.07. The van der Waals surface area contributed by atoms with Crippen LogP contribution in [0, 0.1) is 4.64 Å². The van der Waals surface area contributed by atoms with Crippen molar-refractivity contribution in [3.05, 3.63) is 38.7 Å². The van der Waals surface area contributed by atoms with Crippen LogP contribution in [0.2, 0.25) is 0 Å². The molecule has 0 saturated heterocycles. The number of hydrogen-bond acceptors (Lipinski definition) is 3. The monoisotopic (exact) mass is 323 g/mol. The Kier molecular flexibility index (Phi) is 4.24. The first-order valence-electron chi connectivity index (χ1n) is 5.90. The molecule has 0 saturated carbocycles. The van der Waals surface area contributed by atoms with E-state index in [0.29, 0.717) is 4.64 Å². The van der Waals surface area contributed by atoms with Crippen molar-refractivity contribution < 1.29 is 0 Å². The van der Waals surface area contributed by atoms with Gasteiger partial charge < -0.3 is 4.98 Å². The summed E-state index contributed by atoms with van der Waals surface area (Å²) in [5.41, 5.74) is 3.10. The second kappa shape index (κ2) is 5.71. The van der Waals surface area contributed by atoms with Crippen molar-refractivity contribution >= 4 is 28.1 Å². The first kappa shape index (κ1) is 13.4. The molecular formula is C13H14BrN3S. The Morgan fingerprint density at radius 2 is 2.11 bits per heavy atom. The molecule has 0 spiro atoms. The molecular weight excluding hydrogens is 310 g/mol. The molecule has 3 nitrogen and oxygen atoms in total. The maximum absolute atomic E-state index is 5.27. The lowest BCUT2D eigenvalue weighted by atomic mass is 10.1. The SMILES string of the molecule is CCc1cccnc1-c1nc(=S)c(Br)c(CC)[nH]1. The van der Waals surface area contributed by atoms with E-state index in [4.69, 9.17) is 12.2 Å². The van der Waals surface area contributed by atoms with Crippen molar-refractivity contribution in [1.29, 1.82) is 0 Å².